The number of piperidine rings is 1. The number of anilines is 1. The summed E-state index contributed by atoms with van der Waals surface area (Å²) in [6.07, 6.45) is -0.799. The summed E-state index contributed by atoms with van der Waals surface area (Å²) in [5.74, 6) is 0.252. The van der Waals surface area contributed by atoms with E-state index >= 15 is 0 Å². The van der Waals surface area contributed by atoms with Crippen molar-refractivity contribution >= 4 is 11.7 Å². The Kier molecular flexibility index (Phi) is 7.46. The zero-order valence-electron chi connectivity index (χ0n) is 21.1. The van der Waals surface area contributed by atoms with Crippen LogP contribution in [0.1, 0.15) is 47.3 Å². The molecule has 11 heteroatoms. The maximum Gasteiger partial charge on any atom is 0.260 e. The minimum Gasteiger partial charge on any atom is -0.493 e. The Balaban J connectivity index is 1.39. The van der Waals surface area contributed by atoms with Crippen molar-refractivity contribution in [2.45, 2.75) is 43.8 Å². The van der Waals surface area contributed by atoms with Gasteiger partial charge in [0.25, 0.3) is 12.3 Å². The number of rotatable bonds is 7. The second kappa shape index (κ2) is 10.9. The number of alkyl halides is 2. The first-order chi connectivity index (χ1) is 18.4. The molecule has 2 aliphatic heterocycles. The highest BCUT2D eigenvalue weighted by molar-refractivity contribution is 5.95. The summed E-state index contributed by atoms with van der Waals surface area (Å²) in [6.45, 7) is 1.55. The molecule has 1 saturated heterocycles. The number of carbonyl (C=O) groups excluding carboxylic acids is 1. The highest BCUT2D eigenvalue weighted by Crippen LogP contribution is 2.41. The van der Waals surface area contributed by atoms with Gasteiger partial charge >= 0.3 is 0 Å². The first-order valence-electron chi connectivity index (χ1n) is 12.6. The number of fused-ring (bicyclic) bond motifs is 1. The number of amides is 1. The molecule has 2 aliphatic rings. The number of ether oxygens (including phenoxy) is 2. The van der Waals surface area contributed by atoms with Crippen LogP contribution in [0, 0.1) is 5.82 Å². The second-order valence-electron chi connectivity index (χ2n) is 9.52. The second-order valence-corrected chi connectivity index (χ2v) is 9.52. The largest absolute Gasteiger partial charge is 0.493 e. The number of nitrogens with zero attached hydrogens (tertiary/aromatic N) is 2. The predicted octanol–water partition coefficient (Wildman–Crippen LogP) is 4.55. The lowest BCUT2D eigenvalue weighted by molar-refractivity contribution is 0.0659. The third-order valence-electron chi connectivity index (χ3n) is 7.09. The van der Waals surface area contributed by atoms with Crippen molar-refractivity contribution in [1.82, 2.24) is 20.4 Å². The maximum atomic E-state index is 15.0. The zero-order chi connectivity index (χ0) is 26.8. The van der Waals surface area contributed by atoms with Gasteiger partial charge in [0.1, 0.15) is 17.7 Å². The van der Waals surface area contributed by atoms with Gasteiger partial charge in [-0.1, -0.05) is 12.1 Å². The van der Waals surface area contributed by atoms with Crippen molar-refractivity contribution in [3.05, 3.63) is 59.4 Å². The van der Waals surface area contributed by atoms with Crippen LogP contribution in [0.4, 0.5) is 19.0 Å². The monoisotopic (exact) mass is 529 g/mol. The average Bonchev–Trinajstić information content (AvgIpc) is 3.36. The molecule has 38 heavy (non-hydrogen) atoms. The number of benzene rings is 2. The molecule has 1 aromatic heterocycles. The molecule has 3 atom stereocenters. The zero-order valence-corrected chi connectivity index (χ0v) is 21.1. The van der Waals surface area contributed by atoms with Crippen molar-refractivity contribution < 1.29 is 27.4 Å². The summed E-state index contributed by atoms with van der Waals surface area (Å²) >= 11 is 0. The van der Waals surface area contributed by atoms with Crippen LogP contribution < -0.4 is 25.4 Å². The molecule has 0 radical (unpaired) electrons. The molecular formula is C27H30F3N5O3. The summed E-state index contributed by atoms with van der Waals surface area (Å²) in [7, 11) is 3.04. The Morgan fingerprint density at radius 3 is 2.63 bits per heavy atom. The molecule has 8 nitrogen and oxygen atoms in total. The van der Waals surface area contributed by atoms with E-state index < -0.39 is 30.2 Å². The molecule has 1 fully saturated rings. The average molecular weight is 530 g/mol. The van der Waals surface area contributed by atoms with Crippen LogP contribution >= 0.6 is 0 Å². The number of nitrogens with one attached hydrogen (secondary N) is 3. The fraction of sp³-hybridized carbons (Fsp3) is 0.407. The van der Waals surface area contributed by atoms with Gasteiger partial charge in [0.05, 0.1) is 31.5 Å². The van der Waals surface area contributed by atoms with Gasteiger partial charge in [-0.3, -0.25) is 4.79 Å². The molecular weight excluding hydrogens is 499 g/mol. The van der Waals surface area contributed by atoms with E-state index in [1.165, 1.54) is 31.0 Å². The minimum absolute atomic E-state index is 0.0498. The Morgan fingerprint density at radius 1 is 1.13 bits per heavy atom. The molecule has 2 aromatic carbocycles. The van der Waals surface area contributed by atoms with Crippen molar-refractivity contribution in [2.24, 2.45) is 0 Å². The normalized spacial score (nSPS) is 20.9. The SMILES string of the molecule is COc1ccc(C2CC(C(F)F)n3nc(-c4ccc(C(=O)N[C@H]5CCCNC5)c(F)c4)cc3N2)cc1OC. The molecule has 0 aliphatic carbocycles. The van der Waals surface area contributed by atoms with E-state index in [2.05, 4.69) is 21.0 Å². The minimum atomic E-state index is -2.66. The molecule has 2 unspecified atom stereocenters. The Hall–Kier alpha value is -3.73. The van der Waals surface area contributed by atoms with Gasteiger partial charge in [-0.2, -0.15) is 5.10 Å². The number of aromatic nitrogens is 2. The van der Waals surface area contributed by atoms with E-state index in [-0.39, 0.29) is 18.0 Å². The van der Waals surface area contributed by atoms with Gasteiger partial charge in [0, 0.05) is 24.2 Å². The van der Waals surface area contributed by atoms with Gasteiger partial charge in [0.2, 0.25) is 0 Å². The third kappa shape index (κ3) is 5.15. The lowest BCUT2D eigenvalue weighted by Crippen LogP contribution is -2.45. The molecule has 0 saturated carbocycles. The van der Waals surface area contributed by atoms with Crippen LogP contribution in [0.25, 0.3) is 11.3 Å². The van der Waals surface area contributed by atoms with Crippen LogP contribution in [0.5, 0.6) is 11.5 Å². The number of hydrogen-bond donors (Lipinski definition) is 3. The summed E-state index contributed by atoms with van der Waals surface area (Å²) in [4.78, 5) is 12.6. The Morgan fingerprint density at radius 2 is 1.95 bits per heavy atom. The smallest absolute Gasteiger partial charge is 0.260 e. The Labute approximate surface area is 218 Å². The van der Waals surface area contributed by atoms with Crippen molar-refractivity contribution in [2.75, 3.05) is 32.6 Å². The van der Waals surface area contributed by atoms with E-state index in [0.29, 0.717) is 35.1 Å². The van der Waals surface area contributed by atoms with E-state index in [4.69, 9.17) is 9.47 Å². The lowest BCUT2D eigenvalue weighted by Gasteiger charge is -2.32. The van der Waals surface area contributed by atoms with Crippen molar-refractivity contribution in [3.63, 3.8) is 0 Å². The molecule has 3 N–H and O–H groups in total. The summed E-state index contributed by atoms with van der Waals surface area (Å²) in [5, 5.41) is 13.7. The van der Waals surface area contributed by atoms with E-state index in [1.54, 1.807) is 30.3 Å². The molecule has 0 spiro atoms. The fourth-order valence-corrected chi connectivity index (χ4v) is 5.07. The summed E-state index contributed by atoms with van der Waals surface area (Å²) in [5.41, 5.74) is 1.41. The summed E-state index contributed by atoms with van der Waals surface area (Å²) < 4.78 is 55.1. The molecule has 5 rings (SSSR count). The van der Waals surface area contributed by atoms with Gasteiger partial charge in [-0.05, 0) is 55.6 Å². The molecule has 0 bridgehead atoms. The highest BCUT2D eigenvalue weighted by Gasteiger charge is 2.35. The van der Waals surface area contributed by atoms with E-state index in [9.17, 15) is 18.0 Å². The first-order valence-corrected chi connectivity index (χ1v) is 12.6. The molecule has 3 heterocycles. The standard InChI is InChI=1S/C27H30F3N5O3/c1-37-23-8-6-16(11-24(23)38-2)20-12-22(26(29)30)35-25(33-20)13-21(34-35)15-5-7-18(19(28)10-15)27(36)32-17-4-3-9-31-14-17/h5-8,10-11,13,17,20,22,26,31,33H,3-4,9,12,14H2,1-2H3,(H,32,36)/t17-,20?,22?/m0/s1. The number of methoxy groups -OCH3 is 2. The number of carbonyl (C=O) groups is 1. The van der Waals surface area contributed by atoms with Crippen molar-refractivity contribution in [1.29, 1.82) is 0 Å². The van der Waals surface area contributed by atoms with E-state index in [1.807, 2.05) is 0 Å². The van der Waals surface area contributed by atoms with Gasteiger partial charge < -0.3 is 25.4 Å². The topological polar surface area (TPSA) is 89.4 Å². The first kappa shape index (κ1) is 25.9. The van der Waals surface area contributed by atoms with Crippen LogP contribution in [0.15, 0.2) is 42.5 Å². The van der Waals surface area contributed by atoms with Crippen LogP contribution in [0.2, 0.25) is 0 Å². The van der Waals surface area contributed by atoms with Gasteiger partial charge in [-0.25, -0.2) is 17.9 Å². The fourth-order valence-electron chi connectivity index (χ4n) is 5.07. The lowest BCUT2D eigenvalue weighted by atomic mass is 9.97. The van der Waals surface area contributed by atoms with Gasteiger partial charge in [0.15, 0.2) is 11.5 Å². The molecule has 202 valence electrons. The van der Waals surface area contributed by atoms with Crippen LogP contribution in [-0.2, 0) is 0 Å². The molecule has 1 amide bonds. The Bertz CT molecular complexity index is 1310. The highest BCUT2D eigenvalue weighted by atomic mass is 19.3. The predicted molar refractivity (Wildman–Crippen MR) is 137 cm³/mol. The van der Waals surface area contributed by atoms with E-state index in [0.717, 1.165) is 24.9 Å². The molecule has 3 aromatic rings. The quantitative estimate of drug-likeness (QED) is 0.416. The maximum absolute atomic E-state index is 15.0. The third-order valence-corrected chi connectivity index (χ3v) is 7.09. The number of hydrogen-bond acceptors (Lipinski definition) is 6. The van der Waals surface area contributed by atoms with Crippen LogP contribution in [0.3, 0.4) is 0 Å². The number of halogens is 3. The van der Waals surface area contributed by atoms with Crippen LogP contribution in [-0.4, -0.2) is 55.5 Å². The van der Waals surface area contributed by atoms with Gasteiger partial charge in [-0.15, -0.1) is 0 Å². The van der Waals surface area contributed by atoms with Crippen molar-refractivity contribution in [3.8, 4) is 22.8 Å². The summed E-state index contributed by atoms with van der Waals surface area (Å²) in [6, 6.07) is 9.44.